The molecule has 0 saturated carbocycles. The zero-order valence-corrected chi connectivity index (χ0v) is 9.89. The number of nitrogen functional groups attached to an aromatic ring is 1. The van der Waals surface area contributed by atoms with Crippen LogP contribution in [0.3, 0.4) is 0 Å². The van der Waals surface area contributed by atoms with E-state index < -0.39 is 16.1 Å². The van der Waals surface area contributed by atoms with Gasteiger partial charge in [0.25, 0.3) is 10.0 Å². The van der Waals surface area contributed by atoms with Crippen molar-refractivity contribution in [2.45, 2.75) is 11.8 Å². The predicted octanol–water partition coefficient (Wildman–Crippen LogP) is 0.588. The van der Waals surface area contributed by atoms with Crippen molar-refractivity contribution in [3.63, 3.8) is 0 Å². The fourth-order valence-corrected chi connectivity index (χ4v) is 2.61. The van der Waals surface area contributed by atoms with Gasteiger partial charge in [-0.2, -0.15) is 0 Å². The highest BCUT2D eigenvalue weighted by molar-refractivity contribution is 7.90. The number of sulfonamides is 1. The number of anilines is 1. The van der Waals surface area contributed by atoms with Crippen LogP contribution < -0.4 is 16.2 Å². The molecule has 88 valence electrons. The van der Waals surface area contributed by atoms with E-state index in [1.165, 1.54) is 19.1 Å². The SMILES string of the molecule is Cc1c(N)cc(Cl)cc1S(=O)(=O)NC(N)=O. The summed E-state index contributed by atoms with van der Waals surface area (Å²) in [5, 5.41) is 0.160. The van der Waals surface area contributed by atoms with Crippen molar-refractivity contribution >= 4 is 33.3 Å². The first-order chi connectivity index (χ1) is 7.24. The lowest BCUT2D eigenvalue weighted by Crippen LogP contribution is -2.35. The minimum absolute atomic E-state index is 0.160. The molecule has 1 aromatic carbocycles. The van der Waals surface area contributed by atoms with Crippen molar-refractivity contribution in [1.29, 1.82) is 0 Å². The maximum atomic E-state index is 11.6. The number of rotatable bonds is 2. The van der Waals surface area contributed by atoms with E-state index in [1.54, 1.807) is 4.72 Å². The van der Waals surface area contributed by atoms with Crippen LogP contribution in [0.15, 0.2) is 17.0 Å². The Morgan fingerprint density at radius 2 is 2.00 bits per heavy atom. The number of halogens is 1. The Kier molecular flexibility index (Phi) is 3.30. The number of nitrogens with two attached hydrogens (primary N) is 2. The Morgan fingerprint density at radius 1 is 1.44 bits per heavy atom. The zero-order valence-electron chi connectivity index (χ0n) is 8.32. The number of nitrogens with one attached hydrogen (secondary N) is 1. The molecule has 0 fully saturated rings. The Hall–Kier alpha value is -1.47. The van der Waals surface area contributed by atoms with E-state index in [-0.39, 0.29) is 15.6 Å². The molecule has 0 aliphatic rings. The van der Waals surface area contributed by atoms with Crippen molar-refractivity contribution in [2.24, 2.45) is 5.73 Å². The summed E-state index contributed by atoms with van der Waals surface area (Å²) in [4.78, 5) is 10.4. The largest absolute Gasteiger partial charge is 0.398 e. The molecule has 0 aromatic heterocycles. The van der Waals surface area contributed by atoms with Gasteiger partial charge in [-0.15, -0.1) is 0 Å². The average molecular weight is 264 g/mol. The molecule has 0 saturated heterocycles. The van der Waals surface area contributed by atoms with Crippen LogP contribution in [-0.4, -0.2) is 14.4 Å². The summed E-state index contributed by atoms with van der Waals surface area (Å²) in [7, 11) is -4.02. The van der Waals surface area contributed by atoms with Crippen molar-refractivity contribution in [3.8, 4) is 0 Å². The molecule has 0 unspecified atom stereocenters. The van der Waals surface area contributed by atoms with Gasteiger partial charge in [-0.3, -0.25) is 0 Å². The van der Waals surface area contributed by atoms with Crippen LogP contribution in [0.4, 0.5) is 10.5 Å². The molecular weight excluding hydrogens is 254 g/mol. The first-order valence-electron chi connectivity index (χ1n) is 4.12. The van der Waals surface area contributed by atoms with E-state index in [0.717, 1.165) is 0 Å². The van der Waals surface area contributed by atoms with Gasteiger partial charge in [0, 0.05) is 10.7 Å². The molecule has 6 nitrogen and oxygen atoms in total. The number of hydrogen-bond donors (Lipinski definition) is 3. The monoisotopic (exact) mass is 263 g/mol. The van der Waals surface area contributed by atoms with Gasteiger partial charge in [0.05, 0.1) is 4.90 Å². The summed E-state index contributed by atoms with van der Waals surface area (Å²) < 4.78 is 24.9. The summed E-state index contributed by atoms with van der Waals surface area (Å²) in [5.41, 5.74) is 10.8. The smallest absolute Gasteiger partial charge is 0.326 e. The van der Waals surface area contributed by atoms with Crippen LogP contribution in [0.25, 0.3) is 0 Å². The molecule has 8 heteroatoms. The van der Waals surface area contributed by atoms with E-state index in [9.17, 15) is 13.2 Å². The number of carbonyl (C=O) groups excluding carboxylic acids is 1. The Morgan fingerprint density at radius 3 is 2.50 bits per heavy atom. The summed E-state index contributed by atoms with van der Waals surface area (Å²) in [6, 6.07) is 1.44. The van der Waals surface area contributed by atoms with Gasteiger partial charge in [0.2, 0.25) is 0 Å². The van der Waals surface area contributed by atoms with Crippen LogP contribution in [0, 0.1) is 6.92 Å². The molecule has 0 spiro atoms. The second-order valence-corrected chi connectivity index (χ2v) is 5.18. The van der Waals surface area contributed by atoms with E-state index in [2.05, 4.69) is 0 Å². The molecule has 0 bridgehead atoms. The quantitative estimate of drug-likeness (QED) is 0.677. The summed E-state index contributed by atoms with van der Waals surface area (Å²) in [6.45, 7) is 1.50. The number of hydrogen-bond acceptors (Lipinski definition) is 4. The van der Waals surface area contributed by atoms with Crippen LogP contribution in [0.2, 0.25) is 5.02 Å². The zero-order chi connectivity index (χ0) is 12.5. The van der Waals surface area contributed by atoms with Crippen LogP contribution >= 0.6 is 11.6 Å². The van der Waals surface area contributed by atoms with Crippen LogP contribution in [-0.2, 0) is 10.0 Å². The lowest BCUT2D eigenvalue weighted by Gasteiger charge is -2.10. The first kappa shape index (κ1) is 12.6. The molecule has 0 radical (unpaired) electrons. The minimum Gasteiger partial charge on any atom is -0.398 e. The fraction of sp³-hybridized carbons (Fsp3) is 0.125. The van der Waals surface area contributed by atoms with E-state index in [0.29, 0.717) is 5.56 Å². The molecule has 16 heavy (non-hydrogen) atoms. The number of benzene rings is 1. The van der Waals surface area contributed by atoms with E-state index >= 15 is 0 Å². The van der Waals surface area contributed by atoms with E-state index in [4.69, 9.17) is 23.1 Å². The van der Waals surface area contributed by atoms with Gasteiger partial charge in [-0.1, -0.05) is 11.6 Å². The van der Waals surface area contributed by atoms with E-state index in [1.807, 2.05) is 0 Å². The molecule has 0 atom stereocenters. The topological polar surface area (TPSA) is 115 Å². The highest BCUT2D eigenvalue weighted by atomic mass is 35.5. The Bertz CT molecular complexity index is 542. The molecular formula is C8H10ClN3O3S. The normalized spacial score (nSPS) is 11.1. The molecule has 1 rings (SSSR count). The van der Waals surface area contributed by atoms with Crippen LogP contribution in [0.1, 0.15) is 5.56 Å². The van der Waals surface area contributed by atoms with Crippen molar-refractivity contribution in [2.75, 3.05) is 5.73 Å². The highest BCUT2D eigenvalue weighted by Gasteiger charge is 2.20. The van der Waals surface area contributed by atoms with Gasteiger partial charge in [0.1, 0.15) is 0 Å². The summed E-state index contributed by atoms with van der Waals surface area (Å²) in [6.07, 6.45) is 0. The van der Waals surface area contributed by atoms with Gasteiger partial charge in [-0.25, -0.2) is 17.9 Å². The lowest BCUT2D eigenvalue weighted by molar-refractivity contribution is 0.253. The molecule has 1 aromatic rings. The first-order valence-corrected chi connectivity index (χ1v) is 5.98. The summed E-state index contributed by atoms with van der Waals surface area (Å²) in [5.74, 6) is 0. The highest BCUT2D eigenvalue weighted by Crippen LogP contribution is 2.25. The number of carbonyl (C=O) groups is 1. The lowest BCUT2D eigenvalue weighted by atomic mass is 10.2. The third-order valence-corrected chi connectivity index (χ3v) is 3.58. The van der Waals surface area contributed by atoms with Crippen LogP contribution in [0.5, 0.6) is 0 Å². The third kappa shape index (κ3) is 2.56. The Balaban J connectivity index is 3.39. The standard InChI is InChI=1S/C8H10ClN3O3S/c1-4-6(10)2-5(9)3-7(4)16(14,15)12-8(11)13/h2-3H,10H2,1H3,(H3,11,12,13). The second kappa shape index (κ2) is 4.18. The van der Waals surface area contributed by atoms with Gasteiger partial charge >= 0.3 is 6.03 Å². The molecule has 0 aliphatic carbocycles. The van der Waals surface area contributed by atoms with Gasteiger partial charge in [-0.05, 0) is 24.6 Å². The predicted molar refractivity (Wildman–Crippen MR) is 60.5 cm³/mol. The number of amides is 2. The fourth-order valence-electron chi connectivity index (χ4n) is 1.14. The second-order valence-electron chi connectivity index (χ2n) is 3.09. The van der Waals surface area contributed by atoms with Gasteiger partial charge in [0.15, 0.2) is 0 Å². The van der Waals surface area contributed by atoms with Crippen molar-refractivity contribution in [3.05, 3.63) is 22.7 Å². The average Bonchev–Trinajstić information content (AvgIpc) is 2.08. The minimum atomic E-state index is -4.02. The molecule has 0 aliphatic heterocycles. The van der Waals surface area contributed by atoms with Crippen molar-refractivity contribution < 1.29 is 13.2 Å². The maximum absolute atomic E-state index is 11.6. The molecule has 2 amide bonds. The maximum Gasteiger partial charge on any atom is 0.326 e. The summed E-state index contributed by atoms with van der Waals surface area (Å²) >= 11 is 5.68. The Labute approximate surface area is 97.6 Å². The third-order valence-electron chi connectivity index (χ3n) is 1.89. The number of primary amides is 1. The number of urea groups is 1. The van der Waals surface area contributed by atoms with Crippen molar-refractivity contribution in [1.82, 2.24) is 4.72 Å². The van der Waals surface area contributed by atoms with Gasteiger partial charge < -0.3 is 11.5 Å². The molecule has 5 N–H and O–H groups in total. The molecule has 0 heterocycles.